The highest BCUT2D eigenvalue weighted by molar-refractivity contribution is 7.12. The molecule has 0 aliphatic heterocycles. The standard InChI is InChI=1S/C13H18N2O5S/c1-4-20-11(17)8-15(2)7-10(16)14-9-5-6-21-12(9)13(18)19-3/h5-6H,4,7-8H2,1-3H3,(H,14,16). The molecule has 1 aromatic heterocycles. The van der Waals surface area contributed by atoms with Gasteiger partial charge in [0.05, 0.1) is 32.5 Å². The number of hydrogen-bond acceptors (Lipinski definition) is 7. The molecular weight excluding hydrogens is 296 g/mol. The number of amides is 1. The number of esters is 2. The molecule has 0 aromatic carbocycles. The Morgan fingerprint density at radius 2 is 2.05 bits per heavy atom. The van der Waals surface area contributed by atoms with E-state index in [-0.39, 0.29) is 19.0 Å². The van der Waals surface area contributed by atoms with Gasteiger partial charge in [-0.05, 0) is 25.4 Å². The number of anilines is 1. The van der Waals surface area contributed by atoms with E-state index < -0.39 is 11.9 Å². The summed E-state index contributed by atoms with van der Waals surface area (Å²) < 4.78 is 9.42. The normalized spacial score (nSPS) is 10.3. The van der Waals surface area contributed by atoms with Gasteiger partial charge in [0.2, 0.25) is 5.91 Å². The Balaban J connectivity index is 2.52. The van der Waals surface area contributed by atoms with Crippen molar-refractivity contribution in [3.63, 3.8) is 0 Å². The Morgan fingerprint density at radius 3 is 2.67 bits per heavy atom. The van der Waals surface area contributed by atoms with E-state index in [0.717, 1.165) is 0 Å². The first-order chi connectivity index (χ1) is 9.97. The second-order valence-electron chi connectivity index (χ2n) is 4.18. The van der Waals surface area contributed by atoms with Crippen LogP contribution in [0.15, 0.2) is 11.4 Å². The van der Waals surface area contributed by atoms with Crippen LogP contribution in [-0.4, -0.2) is 56.6 Å². The predicted octanol–water partition coefficient (Wildman–Crippen LogP) is 0.968. The fourth-order valence-corrected chi connectivity index (χ4v) is 2.34. The summed E-state index contributed by atoms with van der Waals surface area (Å²) in [5, 5.41) is 4.30. The van der Waals surface area contributed by atoms with Gasteiger partial charge in [-0.2, -0.15) is 0 Å². The van der Waals surface area contributed by atoms with Crippen LogP contribution in [0.4, 0.5) is 5.69 Å². The summed E-state index contributed by atoms with van der Waals surface area (Å²) in [5.74, 6) is -1.22. The van der Waals surface area contributed by atoms with Crippen LogP contribution in [0.5, 0.6) is 0 Å². The zero-order valence-electron chi connectivity index (χ0n) is 12.2. The van der Waals surface area contributed by atoms with Gasteiger partial charge in [-0.15, -0.1) is 11.3 Å². The Morgan fingerprint density at radius 1 is 1.33 bits per heavy atom. The van der Waals surface area contributed by atoms with Crippen molar-refractivity contribution in [1.29, 1.82) is 0 Å². The second-order valence-corrected chi connectivity index (χ2v) is 5.10. The van der Waals surface area contributed by atoms with Crippen molar-refractivity contribution in [2.45, 2.75) is 6.92 Å². The highest BCUT2D eigenvalue weighted by Crippen LogP contribution is 2.22. The number of nitrogens with zero attached hydrogens (tertiary/aromatic N) is 1. The largest absolute Gasteiger partial charge is 0.465 e. The Bertz CT molecular complexity index is 514. The molecule has 0 fully saturated rings. The minimum absolute atomic E-state index is 0.00920. The fraction of sp³-hybridized carbons (Fsp3) is 0.462. The molecule has 1 N–H and O–H groups in total. The average molecular weight is 314 g/mol. The molecule has 0 bridgehead atoms. The Labute approximate surface area is 126 Å². The van der Waals surface area contributed by atoms with E-state index in [2.05, 4.69) is 10.1 Å². The highest BCUT2D eigenvalue weighted by atomic mass is 32.1. The molecule has 0 unspecified atom stereocenters. The van der Waals surface area contributed by atoms with E-state index in [0.29, 0.717) is 17.2 Å². The Kier molecular flexibility index (Phi) is 6.83. The summed E-state index contributed by atoms with van der Waals surface area (Å²) in [7, 11) is 2.91. The molecule has 0 saturated heterocycles. The summed E-state index contributed by atoms with van der Waals surface area (Å²) in [6, 6.07) is 1.63. The van der Waals surface area contributed by atoms with E-state index in [1.807, 2.05) is 0 Å². The second kappa shape index (κ2) is 8.38. The average Bonchev–Trinajstić information content (AvgIpc) is 2.85. The maximum Gasteiger partial charge on any atom is 0.350 e. The van der Waals surface area contributed by atoms with Crippen LogP contribution in [0.1, 0.15) is 16.6 Å². The van der Waals surface area contributed by atoms with Crippen LogP contribution in [0, 0.1) is 0 Å². The molecule has 1 aromatic rings. The summed E-state index contributed by atoms with van der Waals surface area (Å²) >= 11 is 1.18. The van der Waals surface area contributed by atoms with Crippen LogP contribution in [0.2, 0.25) is 0 Å². The molecule has 0 saturated carbocycles. The molecule has 21 heavy (non-hydrogen) atoms. The minimum atomic E-state index is -0.500. The van der Waals surface area contributed by atoms with E-state index >= 15 is 0 Å². The lowest BCUT2D eigenvalue weighted by Gasteiger charge is -2.15. The minimum Gasteiger partial charge on any atom is -0.465 e. The molecule has 1 rings (SSSR count). The van der Waals surface area contributed by atoms with Gasteiger partial charge >= 0.3 is 11.9 Å². The molecule has 8 heteroatoms. The predicted molar refractivity (Wildman–Crippen MR) is 78.4 cm³/mol. The fourth-order valence-electron chi connectivity index (χ4n) is 1.58. The van der Waals surface area contributed by atoms with Gasteiger partial charge in [0.25, 0.3) is 0 Å². The lowest BCUT2D eigenvalue weighted by molar-refractivity contribution is -0.144. The first-order valence-electron chi connectivity index (χ1n) is 6.27. The van der Waals surface area contributed by atoms with Gasteiger partial charge in [0, 0.05) is 0 Å². The number of nitrogens with one attached hydrogen (secondary N) is 1. The number of ether oxygens (including phenoxy) is 2. The topological polar surface area (TPSA) is 84.9 Å². The molecule has 0 spiro atoms. The maximum absolute atomic E-state index is 11.9. The molecule has 0 atom stereocenters. The van der Waals surface area contributed by atoms with Crippen LogP contribution in [-0.2, 0) is 19.1 Å². The van der Waals surface area contributed by atoms with Crippen molar-refractivity contribution in [2.24, 2.45) is 0 Å². The van der Waals surface area contributed by atoms with Crippen molar-refractivity contribution < 1.29 is 23.9 Å². The Hall–Kier alpha value is -1.93. The zero-order chi connectivity index (χ0) is 15.8. The third-order valence-corrected chi connectivity index (χ3v) is 3.32. The van der Waals surface area contributed by atoms with Gasteiger partial charge in [-0.3, -0.25) is 14.5 Å². The maximum atomic E-state index is 11.9. The van der Waals surface area contributed by atoms with E-state index in [1.54, 1.807) is 25.4 Å². The lowest BCUT2D eigenvalue weighted by Crippen LogP contribution is -2.34. The molecular formula is C13H18N2O5S. The van der Waals surface area contributed by atoms with Crippen LogP contribution in [0.25, 0.3) is 0 Å². The van der Waals surface area contributed by atoms with Gasteiger partial charge in [-0.1, -0.05) is 0 Å². The van der Waals surface area contributed by atoms with E-state index in [4.69, 9.17) is 4.74 Å². The van der Waals surface area contributed by atoms with Crippen molar-refractivity contribution in [1.82, 2.24) is 4.90 Å². The van der Waals surface area contributed by atoms with E-state index in [9.17, 15) is 14.4 Å². The van der Waals surface area contributed by atoms with E-state index in [1.165, 1.54) is 23.3 Å². The lowest BCUT2D eigenvalue weighted by atomic mass is 10.3. The number of carbonyl (C=O) groups is 3. The molecule has 0 aliphatic carbocycles. The first-order valence-corrected chi connectivity index (χ1v) is 7.15. The summed E-state index contributed by atoms with van der Waals surface area (Å²) in [4.78, 5) is 36.5. The first kappa shape index (κ1) is 17.1. The van der Waals surface area contributed by atoms with Crippen LogP contribution >= 0.6 is 11.3 Å². The molecule has 0 radical (unpaired) electrons. The highest BCUT2D eigenvalue weighted by Gasteiger charge is 2.17. The molecule has 1 amide bonds. The number of hydrogen-bond donors (Lipinski definition) is 1. The number of carbonyl (C=O) groups excluding carboxylic acids is 3. The van der Waals surface area contributed by atoms with Gasteiger partial charge in [0.1, 0.15) is 4.88 Å². The number of methoxy groups -OCH3 is 1. The van der Waals surface area contributed by atoms with Crippen molar-refractivity contribution in [2.75, 3.05) is 39.2 Å². The third kappa shape index (κ3) is 5.52. The van der Waals surface area contributed by atoms with Gasteiger partial charge < -0.3 is 14.8 Å². The zero-order valence-corrected chi connectivity index (χ0v) is 13.0. The van der Waals surface area contributed by atoms with Crippen LogP contribution in [0.3, 0.4) is 0 Å². The summed E-state index contributed by atoms with van der Waals surface area (Å²) in [5.41, 5.74) is 0.404. The molecule has 7 nitrogen and oxygen atoms in total. The number of rotatable bonds is 7. The number of thiophene rings is 1. The molecule has 1 heterocycles. The summed E-state index contributed by atoms with van der Waals surface area (Å²) in [6.45, 7) is 2.05. The molecule has 116 valence electrons. The van der Waals surface area contributed by atoms with Crippen LogP contribution < -0.4 is 5.32 Å². The molecule has 0 aliphatic rings. The van der Waals surface area contributed by atoms with Crippen molar-refractivity contribution in [3.05, 3.63) is 16.3 Å². The van der Waals surface area contributed by atoms with Crippen molar-refractivity contribution >= 4 is 34.9 Å². The smallest absolute Gasteiger partial charge is 0.350 e. The SMILES string of the molecule is CCOC(=O)CN(C)CC(=O)Nc1ccsc1C(=O)OC. The quantitative estimate of drug-likeness (QED) is 0.755. The monoisotopic (exact) mass is 314 g/mol. The van der Waals surface area contributed by atoms with Crippen molar-refractivity contribution in [3.8, 4) is 0 Å². The van der Waals surface area contributed by atoms with Gasteiger partial charge in [0.15, 0.2) is 0 Å². The van der Waals surface area contributed by atoms with Gasteiger partial charge in [-0.25, -0.2) is 4.79 Å². The summed E-state index contributed by atoms with van der Waals surface area (Å²) in [6.07, 6.45) is 0. The number of likely N-dealkylation sites (N-methyl/N-ethyl adjacent to an activating group) is 1. The third-order valence-electron chi connectivity index (χ3n) is 2.43.